The van der Waals surface area contributed by atoms with Crippen molar-refractivity contribution in [1.82, 2.24) is 0 Å². The number of ether oxygens (including phenoxy) is 15. The van der Waals surface area contributed by atoms with Gasteiger partial charge in [-0.2, -0.15) is 0 Å². The molecule has 3 saturated carbocycles. The molecule has 15 heteroatoms. The molecule has 9 rings (SSSR count). The van der Waals surface area contributed by atoms with E-state index in [-0.39, 0.29) is 18.3 Å². The molecule has 0 aromatic heterocycles. The maximum absolute atomic E-state index is 5.65. The molecule has 9 aliphatic rings. The van der Waals surface area contributed by atoms with Crippen molar-refractivity contribution >= 4 is 0 Å². The van der Waals surface area contributed by atoms with Crippen molar-refractivity contribution < 1.29 is 71.1 Å². The van der Waals surface area contributed by atoms with Gasteiger partial charge < -0.3 is 71.1 Å². The molecule has 0 radical (unpaired) electrons. The maximum Gasteiger partial charge on any atom is 0.104 e. The van der Waals surface area contributed by atoms with Crippen molar-refractivity contribution in [3.05, 3.63) is 0 Å². The summed E-state index contributed by atoms with van der Waals surface area (Å²) >= 11 is 0. The van der Waals surface area contributed by atoms with Gasteiger partial charge in [0, 0.05) is 39.6 Å². The number of hydrogen-bond acceptors (Lipinski definition) is 15. The maximum atomic E-state index is 5.65. The Bertz CT molecular complexity index is 903. The van der Waals surface area contributed by atoms with Crippen LogP contribution in [0, 0.1) is 0 Å². The molecule has 0 amide bonds. The summed E-state index contributed by atoms with van der Waals surface area (Å²) in [5, 5.41) is 0. The van der Waals surface area contributed by atoms with E-state index in [0.29, 0.717) is 96.6 Å². The third kappa shape index (κ3) is 50.7. The summed E-state index contributed by atoms with van der Waals surface area (Å²) in [5.41, 5.74) is 0. The van der Waals surface area contributed by atoms with Crippen molar-refractivity contribution in [1.29, 1.82) is 0 Å². The van der Waals surface area contributed by atoms with Crippen LogP contribution in [0.5, 0.6) is 0 Å². The molecule has 0 bridgehead atoms. The summed E-state index contributed by atoms with van der Waals surface area (Å²) in [4.78, 5) is 0. The number of epoxide rings is 6. The first-order valence-corrected chi connectivity index (χ1v) is 28.0. The molecule has 412 valence electrons. The molecule has 0 aromatic rings. The van der Waals surface area contributed by atoms with Gasteiger partial charge in [-0.25, -0.2) is 0 Å². The second-order valence-electron chi connectivity index (χ2n) is 18.5. The fourth-order valence-corrected chi connectivity index (χ4v) is 6.77. The average Bonchev–Trinajstić information content (AvgIpc) is 4.20. The van der Waals surface area contributed by atoms with E-state index in [1.807, 2.05) is 41.5 Å². The highest BCUT2D eigenvalue weighted by Crippen LogP contribution is 2.17. The third-order valence-electron chi connectivity index (χ3n) is 11.6. The standard InChI is InChI=1S/C11H20O5.C10H20O4.3C6H12.3C5H10O2/c1-2-12-3-9(14-7-11-8-16-11)4-13-5-10-6-15-10;1-3-11-5-9(6-12-4-2)13-7-10-8-14-10;3*1-2-4-6-5-3-1;3*1-2-6-3-5-4-7-5/h9-11H,2-8H2,1H3;9-10H,3-8H2,1-2H3;3*1-6H2;3*5H,2-4H2,1H3. The van der Waals surface area contributed by atoms with E-state index in [1.54, 1.807) is 0 Å². The summed E-state index contributed by atoms with van der Waals surface area (Å²) in [5.74, 6) is 0. The van der Waals surface area contributed by atoms with Crippen molar-refractivity contribution in [2.24, 2.45) is 0 Å². The zero-order valence-corrected chi connectivity index (χ0v) is 45.0. The summed E-state index contributed by atoms with van der Waals surface area (Å²) in [6, 6.07) is 0. The van der Waals surface area contributed by atoms with Gasteiger partial charge in [-0.3, -0.25) is 0 Å². The molecule has 3 aliphatic carbocycles. The first kappa shape index (κ1) is 64.5. The van der Waals surface area contributed by atoms with Crippen molar-refractivity contribution in [3.63, 3.8) is 0 Å². The molecule has 69 heavy (non-hydrogen) atoms. The third-order valence-corrected chi connectivity index (χ3v) is 11.6. The van der Waals surface area contributed by atoms with E-state index in [0.717, 1.165) is 79.3 Å². The van der Waals surface area contributed by atoms with Gasteiger partial charge in [0.25, 0.3) is 0 Å². The smallest absolute Gasteiger partial charge is 0.104 e. The van der Waals surface area contributed by atoms with Gasteiger partial charge in [-0.15, -0.1) is 0 Å². The lowest BCUT2D eigenvalue weighted by Crippen LogP contribution is -2.28. The molecule has 7 unspecified atom stereocenters. The lowest BCUT2D eigenvalue weighted by molar-refractivity contribution is -0.0629. The quantitative estimate of drug-likeness (QED) is 0.0683. The van der Waals surface area contributed by atoms with Crippen LogP contribution in [0.3, 0.4) is 0 Å². The lowest BCUT2D eigenvalue weighted by Gasteiger charge is -2.17. The summed E-state index contributed by atoms with van der Waals surface area (Å²) in [6.07, 6.45) is 29.2. The highest BCUT2D eigenvalue weighted by atomic mass is 16.6. The Kier molecular flexibility index (Phi) is 45.2. The molecule has 6 aliphatic heterocycles. The van der Waals surface area contributed by atoms with E-state index in [2.05, 4.69) is 0 Å². The Morgan fingerprint density at radius 1 is 0.261 bits per heavy atom. The van der Waals surface area contributed by atoms with E-state index in [9.17, 15) is 0 Å². The molecule has 0 aromatic carbocycles. The van der Waals surface area contributed by atoms with E-state index >= 15 is 0 Å². The van der Waals surface area contributed by atoms with Crippen LogP contribution in [-0.2, 0) is 71.1 Å². The first-order chi connectivity index (χ1) is 34.0. The molecule has 9 fully saturated rings. The molecule has 6 saturated heterocycles. The van der Waals surface area contributed by atoms with Gasteiger partial charge >= 0.3 is 0 Å². The van der Waals surface area contributed by atoms with Gasteiger partial charge in [-0.05, 0) is 41.5 Å². The van der Waals surface area contributed by atoms with Crippen LogP contribution >= 0.6 is 0 Å². The van der Waals surface area contributed by atoms with Crippen molar-refractivity contribution in [2.45, 2.75) is 206 Å². The largest absolute Gasteiger partial charge is 0.379 e. The topological polar surface area (TPSA) is 158 Å². The molecule has 7 atom stereocenters. The predicted molar refractivity (Wildman–Crippen MR) is 271 cm³/mol. The Morgan fingerprint density at radius 3 is 0.623 bits per heavy atom. The first-order valence-electron chi connectivity index (χ1n) is 28.0. The number of hydrogen-bond donors (Lipinski definition) is 0. The van der Waals surface area contributed by atoms with Gasteiger partial charge in [0.1, 0.15) is 48.8 Å². The molecule has 0 N–H and O–H groups in total. The summed E-state index contributed by atoms with van der Waals surface area (Å²) in [7, 11) is 0. The minimum atomic E-state index is 0.00269. The van der Waals surface area contributed by atoms with Crippen LogP contribution < -0.4 is 0 Å². The van der Waals surface area contributed by atoms with Crippen molar-refractivity contribution in [2.75, 3.05) is 145 Å². The lowest BCUT2D eigenvalue weighted by atomic mass is 10.0. The highest BCUT2D eigenvalue weighted by Gasteiger charge is 2.27. The molecule has 0 spiro atoms. The van der Waals surface area contributed by atoms with Crippen LogP contribution in [0.2, 0.25) is 0 Å². The Morgan fingerprint density at radius 2 is 0.435 bits per heavy atom. The van der Waals surface area contributed by atoms with Gasteiger partial charge in [0.05, 0.1) is 106 Å². The normalized spacial score (nSPS) is 25.6. The van der Waals surface area contributed by atoms with Gasteiger partial charge in [0.15, 0.2) is 0 Å². The Balaban J connectivity index is 0.000000280. The minimum absolute atomic E-state index is 0.00269. The van der Waals surface area contributed by atoms with E-state index < -0.39 is 0 Å². The van der Waals surface area contributed by atoms with E-state index in [4.69, 9.17) is 71.1 Å². The zero-order valence-electron chi connectivity index (χ0n) is 45.0. The monoisotopic (exact) mass is 995 g/mol. The average molecular weight is 995 g/mol. The fourth-order valence-electron chi connectivity index (χ4n) is 6.77. The summed E-state index contributed by atoms with van der Waals surface area (Å²) < 4.78 is 77.7. The summed E-state index contributed by atoms with van der Waals surface area (Å²) in [6.45, 7) is 28.3. The fraction of sp³-hybridized carbons (Fsp3) is 1.00. The van der Waals surface area contributed by atoms with Crippen LogP contribution in [0.15, 0.2) is 0 Å². The zero-order chi connectivity index (χ0) is 49.5. The van der Waals surface area contributed by atoms with Crippen molar-refractivity contribution in [3.8, 4) is 0 Å². The Hall–Kier alpha value is -0.600. The molecular formula is C54H106O15. The van der Waals surface area contributed by atoms with Crippen LogP contribution in [0.25, 0.3) is 0 Å². The minimum Gasteiger partial charge on any atom is -0.379 e. The molecule has 6 heterocycles. The second kappa shape index (κ2) is 48.3. The van der Waals surface area contributed by atoms with Crippen LogP contribution in [-0.4, -0.2) is 194 Å². The van der Waals surface area contributed by atoms with Gasteiger partial charge in [0.2, 0.25) is 0 Å². The number of rotatable bonds is 28. The van der Waals surface area contributed by atoms with Gasteiger partial charge in [-0.1, -0.05) is 116 Å². The molecule has 15 nitrogen and oxygen atoms in total. The highest BCUT2D eigenvalue weighted by molar-refractivity contribution is 4.72. The molecular weight excluding hydrogens is 889 g/mol. The van der Waals surface area contributed by atoms with E-state index in [1.165, 1.54) is 116 Å². The SMILES string of the molecule is C1CCCCC1.C1CCCCC1.C1CCCCC1.CCOCC(COCC)OCC1CO1.CCOCC(COCC1CO1)OCC1CO1.CCOCC1CO1.CCOCC1CO1.CCOCC1CO1. The second-order valence-corrected chi connectivity index (χ2v) is 18.5. The van der Waals surface area contributed by atoms with Crippen LogP contribution in [0.4, 0.5) is 0 Å². The predicted octanol–water partition coefficient (Wildman–Crippen LogP) is 9.35. The van der Waals surface area contributed by atoms with Crippen LogP contribution in [0.1, 0.15) is 157 Å². The Labute approximate surface area is 421 Å².